The number of pyridine rings is 1. The average molecular weight is 824 g/mol. The Labute approximate surface area is 349 Å². The maximum Gasteiger partial charge on any atom is 0.223 e. The number of rotatable bonds is 9. The molecular formula is C45H46FN11O4. The Bertz CT molecular complexity index is 3050. The fraction of sp³-hybridized carbons (Fsp3) is 0.356. The zero-order valence-corrected chi connectivity index (χ0v) is 34.7. The highest BCUT2D eigenvalue weighted by Crippen LogP contribution is 2.51. The molecule has 2 fully saturated rings. The highest BCUT2D eigenvalue weighted by molar-refractivity contribution is 6.06. The van der Waals surface area contributed by atoms with E-state index in [4.69, 9.17) is 46.1 Å². The second-order valence-electron chi connectivity index (χ2n) is 17.5. The van der Waals surface area contributed by atoms with Gasteiger partial charge in [-0.2, -0.15) is 9.03 Å². The van der Waals surface area contributed by atoms with Gasteiger partial charge in [0.2, 0.25) is 11.9 Å². The smallest absolute Gasteiger partial charge is 0.223 e. The van der Waals surface area contributed by atoms with Crippen molar-refractivity contribution in [3.63, 3.8) is 0 Å². The van der Waals surface area contributed by atoms with Gasteiger partial charge in [0.25, 0.3) is 0 Å². The van der Waals surface area contributed by atoms with Gasteiger partial charge in [-0.3, -0.25) is 4.98 Å². The Morgan fingerprint density at radius 3 is 1.95 bits per heavy atom. The Balaban J connectivity index is 0.970. The van der Waals surface area contributed by atoms with Crippen molar-refractivity contribution in [2.45, 2.75) is 88.3 Å². The van der Waals surface area contributed by atoms with Crippen molar-refractivity contribution in [1.29, 1.82) is 0 Å². The molecule has 0 bridgehead atoms. The first-order chi connectivity index (χ1) is 29.1. The van der Waals surface area contributed by atoms with Gasteiger partial charge in [-0.1, -0.05) is 18.2 Å². The molecule has 312 valence electrons. The first-order valence-corrected chi connectivity index (χ1v) is 20.4. The summed E-state index contributed by atoms with van der Waals surface area (Å²) < 4.78 is 28.8. The van der Waals surface area contributed by atoms with Gasteiger partial charge < -0.3 is 31.2 Å². The van der Waals surface area contributed by atoms with Crippen LogP contribution in [0, 0.1) is 5.82 Å². The van der Waals surface area contributed by atoms with Gasteiger partial charge in [0.05, 0.1) is 36.2 Å². The second kappa shape index (κ2) is 13.8. The zero-order chi connectivity index (χ0) is 42.7. The number of nitrogens with two attached hydrogens (primary N) is 2. The van der Waals surface area contributed by atoms with Crippen molar-refractivity contribution in [2.75, 3.05) is 25.7 Å². The summed E-state index contributed by atoms with van der Waals surface area (Å²) in [5.74, 6) is 2.46. The lowest BCUT2D eigenvalue weighted by molar-refractivity contribution is 0.0762. The summed E-state index contributed by atoms with van der Waals surface area (Å²) in [6.07, 6.45) is 4.89. The largest absolute Gasteiger partial charge is 0.494 e. The first-order valence-electron chi connectivity index (χ1n) is 20.4. The highest BCUT2D eigenvalue weighted by atomic mass is 19.1. The van der Waals surface area contributed by atoms with Crippen LogP contribution in [0.2, 0.25) is 0 Å². The van der Waals surface area contributed by atoms with E-state index in [1.807, 2.05) is 30.3 Å². The number of methoxy groups -OCH3 is 2. The number of nitrogens with zero attached hydrogens (tertiary/aromatic N) is 9. The molecule has 10 rings (SSSR count). The van der Waals surface area contributed by atoms with Gasteiger partial charge >= 0.3 is 0 Å². The van der Waals surface area contributed by atoms with Gasteiger partial charge in [0.1, 0.15) is 28.3 Å². The van der Waals surface area contributed by atoms with Gasteiger partial charge in [0, 0.05) is 41.3 Å². The van der Waals surface area contributed by atoms with Crippen LogP contribution in [0.5, 0.6) is 11.5 Å². The molecule has 5 heterocycles. The standard InChI is InChI=1S/C45H46FN11O4/c1-44(2,58)26-8-11-32(49-20-26)23-15-25(16-23)39-53-41-35-29(10-12-33(60-5)37(35)51-43(48)57(41)55-39)21-7-9-28(31(17-21)45(3,4)59)22-13-24(14-22)38-52-40-30-18-27(46)19-34(61-6)36(30)50-42(47)56(40)54-38/h7-12,17-20,22-25,58-59H,13-16H2,1-6H3,(H2,47,50)(H2,48,51). The third-order valence-electron chi connectivity index (χ3n) is 12.6. The fourth-order valence-corrected chi connectivity index (χ4v) is 9.08. The third kappa shape index (κ3) is 6.34. The first kappa shape index (κ1) is 38.7. The quantitative estimate of drug-likeness (QED) is 0.115. The Kier molecular flexibility index (Phi) is 8.72. The third-order valence-corrected chi connectivity index (χ3v) is 12.6. The molecule has 3 aromatic carbocycles. The molecule has 15 nitrogen and oxygen atoms in total. The molecule has 0 unspecified atom stereocenters. The summed E-state index contributed by atoms with van der Waals surface area (Å²) >= 11 is 0. The molecule has 8 aromatic rings. The summed E-state index contributed by atoms with van der Waals surface area (Å²) in [6.45, 7) is 7.09. The number of nitrogen functional groups attached to an aromatic ring is 2. The van der Waals surface area contributed by atoms with Crippen LogP contribution in [0.4, 0.5) is 16.3 Å². The Morgan fingerprint density at radius 2 is 1.33 bits per heavy atom. The van der Waals surface area contributed by atoms with E-state index in [1.165, 1.54) is 23.8 Å². The monoisotopic (exact) mass is 823 g/mol. The molecule has 0 amide bonds. The maximum absolute atomic E-state index is 14.6. The second-order valence-corrected chi connectivity index (χ2v) is 17.5. The van der Waals surface area contributed by atoms with Crippen molar-refractivity contribution >= 4 is 45.0 Å². The molecule has 0 saturated heterocycles. The molecular weight excluding hydrogens is 778 g/mol. The highest BCUT2D eigenvalue weighted by Gasteiger charge is 2.39. The van der Waals surface area contributed by atoms with Crippen LogP contribution in [0.25, 0.3) is 44.2 Å². The van der Waals surface area contributed by atoms with Crippen LogP contribution in [0.15, 0.2) is 60.8 Å². The maximum atomic E-state index is 14.6. The predicted molar refractivity (Wildman–Crippen MR) is 228 cm³/mol. The van der Waals surface area contributed by atoms with E-state index in [0.29, 0.717) is 45.1 Å². The molecule has 6 N–H and O–H groups in total. The van der Waals surface area contributed by atoms with Gasteiger partial charge in [-0.15, -0.1) is 10.2 Å². The van der Waals surface area contributed by atoms with Crippen molar-refractivity contribution in [3.8, 4) is 22.6 Å². The molecule has 16 heteroatoms. The number of hydrogen-bond acceptors (Lipinski definition) is 13. The lowest BCUT2D eigenvalue weighted by atomic mass is 9.68. The number of fused-ring (bicyclic) bond motifs is 6. The molecule has 0 atom stereocenters. The van der Waals surface area contributed by atoms with Crippen LogP contribution in [0.1, 0.15) is 111 Å². The van der Waals surface area contributed by atoms with Gasteiger partial charge in [-0.05, 0) is 112 Å². The topological polar surface area (TPSA) is 210 Å². The SMILES string of the molecule is COc1cc(F)cc2c1nc(N)n1nc(C3CC(c4ccc(-c5ccc(OC)c6nc(N)n7nc(C8CC(c9ccc(C(C)(C)O)cn9)C8)nc7c56)cc4C(C)(C)O)C3)nc21. The molecule has 0 radical (unpaired) electrons. The summed E-state index contributed by atoms with van der Waals surface area (Å²) in [5, 5.41) is 32.8. The van der Waals surface area contributed by atoms with Crippen molar-refractivity contribution in [1.82, 2.24) is 44.1 Å². The Morgan fingerprint density at radius 1 is 0.689 bits per heavy atom. The molecule has 0 spiro atoms. The minimum absolute atomic E-state index is 0.0167. The van der Waals surface area contributed by atoms with E-state index >= 15 is 0 Å². The number of halogens is 1. The van der Waals surface area contributed by atoms with E-state index in [2.05, 4.69) is 22.1 Å². The lowest BCUT2D eigenvalue weighted by Gasteiger charge is -2.37. The minimum atomic E-state index is -1.17. The van der Waals surface area contributed by atoms with Crippen LogP contribution < -0.4 is 20.9 Å². The number of hydrogen-bond donors (Lipinski definition) is 4. The molecule has 2 aliphatic carbocycles. The number of benzene rings is 3. The summed E-state index contributed by atoms with van der Waals surface area (Å²) in [7, 11) is 3.06. The lowest BCUT2D eigenvalue weighted by Crippen LogP contribution is -2.26. The van der Waals surface area contributed by atoms with Crippen LogP contribution in [-0.4, -0.2) is 68.6 Å². The molecule has 5 aromatic heterocycles. The predicted octanol–water partition coefficient (Wildman–Crippen LogP) is 7.03. The van der Waals surface area contributed by atoms with E-state index < -0.39 is 17.0 Å². The Hall–Kier alpha value is -6.52. The number of anilines is 2. The average Bonchev–Trinajstić information content (AvgIpc) is 3.83. The zero-order valence-electron chi connectivity index (χ0n) is 34.7. The number of ether oxygens (including phenoxy) is 2. The minimum Gasteiger partial charge on any atom is -0.494 e. The molecule has 0 aliphatic heterocycles. The van der Waals surface area contributed by atoms with E-state index in [1.54, 1.807) is 45.5 Å². The van der Waals surface area contributed by atoms with E-state index in [9.17, 15) is 14.6 Å². The van der Waals surface area contributed by atoms with Crippen LogP contribution in [0.3, 0.4) is 0 Å². The summed E-state index contributed by atoms with van der Waals surface area (Å²) in [4.78, 5) is 23.8. The van der Waals surface area contributed by atoms with Crippen molar-refractivity contribution in [2.24, 2.45) is 0 Å². The number of aliphatic hydroxyl groups is 2. The van der Waals surface area contributed by atoms with Crippen molar-refractivity contribution < 1.29 is 24.1 Å². The molecule has 2 aliphatic rings. The summed E-state index contributed by atoms with van der Waals surface area (Å²) in [5.41, 5.74) is 18.0. The summed E-state index contributed by atoms with van der Waals surface area (Å²) in [6, 6.07) is 16.6. The normalized spacial score (nSPS) is 19.4. The fourth-order valence-electron chi connectivity index (χ4n) is 9.08. The van der Waals surface area contributed by atoms with Crippen LogP contribution in [-0.2, 0) is 11.2 Å². The molecule has 2 saturated carbocycles. The van der Waals surface area contributed by atoms with Gasteiger partial charge in [0.15, 0.2) is 22.9 Å². The van der Waals surface area contributed by atoms with Crippen LogP contribution >= 0.6 is 0 Å². The van der Waals surface area contributed by atoms with Crippen molar-refractivity contribution in [3.05, 3.63) is 101 Å². The molecule has 61 heavy (non-hydrogen) atoms. The van der Waals surface area contributed by atoms with E-state index in [0.717, 1.165) is 64.6 Å². The van der Waals surface area contributed by atoms with E-state index in [-0.39, 0.29) is 41.3 Å². The van der Waals surface area contributed by atoms with Gasteiger partial charge in [-0.25, -0.2) is 24.3 Å². The number of aromatic nitrogens is 9.